The molecule has 4 amide bonds. The number of alkyl carbamates (subject to hydrolysis) is 1. The molecule has 19 nitrogen and oxygen atoms in total. The Hall–Kier alpha value is -6.59. The van der Waals surface area contributed by atoms with Crippen LogP contribution in [0, 0.1) is 11.8 Å². The van der Waals surface area contributed by atoms with E-state index >= 15 is 0 Å². The molecular formula is C51H69N13O6Si2. The predicted molar refractivity (Wildman–Crippen MR) is 281 cm³/mol. The summed E-state index contributed by atoms with van der Waals surface area (Å²) in [5.74, 6) is -0.808. The lowest BCUT2D eigenvalue weighted by Crippen LogP contribution is -2.53. The van der Waals surface area contributed by atoms with E-state index in [4.69, 9.17) is 14.7 Å². The Bertz CT molecular complexity index is 2840. The van der Waals surface area contributed by atoms with Crippen LogP contribution in [0.15, 0.2) is 78.3 Å². The highest BCUT2D eigenvalue weighted by Gasteiger charge is 2.45. The number of aromatic nitrogens is 8. The number of hydrogen-bond acceptors (Lipinski definition) is 12. The fourth-order valence-electron chi connectivity index (χ4n) is 9.66. The molecule has 0 bridgehead atoms. The van der Waals surface area contributed by atoms with Crippen LogP contribution in [-0.2, 0) is 19.1 Å². The van der Waals surface area contributed by atoms with Crippen molar-refractivity contribution < 1.29 is 29.0 Å². The van der Waals surface area contributed by atoms with Gasteiger partial charge in [0, 0.05) is 43.8 Å². The van der Waals surface area contributed by atoms with Crippen molar-refractivity contribution in [2.75, 3.05) is 26.8 Å². The van der Waals surface area contributed by atoms with Crippen molar-refractivity contribution in [3.8, 4) is 22.4 Å². The van der Waals surface area contributed by atoms with Gasteiger partial charge in [-0.2, -0.15) is 0 Å². The van der Waals surface area contributed by atoms with Crippen LogP contribution in [-0.4, -0.2) is 145 Å². The summed E-state index contributed by atoms with van der Waals surface area (Å²) in [5.41, 5.74) is 6.77. The average Bonchev–Trinajstić information content (AvgIpc) is 4.21. The van der Waals surface area contributed by atoms with E-state index in [9.17, 15) is 24.3 Å². The summed E-state index contributed by atoms with van der Waals surface area (Å²) in [6.07, 6.45) is 8.80. The number of imidazole rings is 1. The van der Waals surface area contributed by atoms with Crippen molar-refractivity contribution in [1.29, 1.82) is 0 Å². The highest BCUT2D eigenvalue weighted by molar-refractivity contribution is 6.88. The largest absolute Gasteiger partial charge is 0.453 e. The Morgan fingerprint density at radius 3 is 1.69 bits per heavy atom. The minimum atomic E-state index is -1.74. The first-order chi connectivity index (χ1) is 34.1. The Labute approximate surface area is 422 Å². The molecule has 6 heterocycles. The highest BCUT2D eigenvalue weighted by atomic mass is 28.3. The Morgan fingerprint density at radius 2 is 1.21 bits per heavy atom. The van der Waals surface area contributed by atoms with Gasteiger partial charge in [-0.15, -0.1) is 10.2 Å². The molecule has 8 rings (SSSR count). The zero-order valence-electron chi connectivity index (χ0n) is 43.3. The molecule has 2 saturated heterocycles. The lowest BCUT2D eigenvalue weighted by Gasteiger charge is -2.31. The topological polar surface area (TPSA) is 231 Å². The zero-order valence-corrected chi connectivity index (χ0v) is 45.3. The van der Waals surface area contributed by atoms with Crippen LogP contribution >= 0.6 is 0 Å². The SMILES string of the molecule is COC(=O)N[C@H](C(=O)N1C[C@H](n2cc([Si](C)(C)C)nn2)CC1C1=NC=C(c2ccc(-c3ccc(-c4cnc(C5C[C@@H](n6cc([Si](C)(C)C)nn6)CN5C(=O)[C@@H](NC(=O)CO)C(C)C)[nH]4)cc3)cc2)C1)C(C)C. The van der Waals surface area contributed by atoms with Crippen LogP contribution in [0.1, 0.15) is 76.5 Å². The van der Waals surface area contributed by atoms with Gasteiger partial charge in [-0.1, -0.05) is 126 Å². The zero-order chi connectivity index (χ0) is 51.8. The summed E-state index contributed by atoms with van der Waals surface area (Å²) < 4.78 is 8.64. The molecule has 3 aliphatic heterocycles. The molecule has 382 valence electrons. The van der Waals surface area contributed by atoms with Gasteiger partial charge in [-0.05, 0) is 52.5 Å². The quantitative estimate of drug-likeness (QED) is 0.0954. The standard InChI is InChI=1S/C51H69N13O6Si2/c1-30(2)46(55-43(66)29-65)49(67)62-26-38(64-28-45(58-60-64)72(9,10)11)22-42(62)48-53-24-40(54-48)35-18-16-33(17-19-35)32-12-14-34(15-13-32)36-20-39(52-23-36)41-21-37(63-27-44(57-59-63)71(6,7)8)25-61(41)50(68)47(31(3)4)56-51(69)70-5/h12-19,23-24,27-28,30-31,37-38,41-42,46-47,65H,20-22,25-26,29H2,1-11H3,(H,53,54)(H,55,66)(H,56,69)/t37-,38-,41?,42?,46+,47+/m1/s1. The molecule has 2 unspecified atom stereocenters. The van der Waals surface area contributed by atoms with Gasteiger partial charge in [0.15, 0.2) is 0 Å². The number of rotatable bonds is 16. The van der Waals surface area contributed by atoms with Crippen LogP contribution < -0.4 is 21.3 Å². The second kappa shape index (κ2) is 20.9. The van der Waals surface area contributed by atoms with E-state index in [0.717, 1.165) is 49.9 Å². The Balaban J connectivity index is 0.962. The smallest absolute Gasteiger partial charge is 0.407 e. The van der Waals surface area contributed by atoms with Crippen LogP contribution in [0.2, 0.25) is 39.3 Å². The van der Waals surface area contributed by atoms with Crippen LogP contribution in [0.3, 0.4) is 0 Å². The van der Waals surface area contributed by atoms with Crippen molar-refractivity contribution in [2.45, 2.75) is 122 Å². The normalized spacial score (nSPS) is 20.2. The summed E-state index contributed by atoms with van der Waals surface area (Å²) in [7, 11) is -2.16. The van der Waals surface area contributed by atoms with Gasteiger partial charge in [-0.3, -0.25) is 19.4 Å². The highest BCUT2D eigenvalue weighted by Crippen LogP contribution is 2.39. The van der Waals surface area contributed by atoms with Crippen LogP contribution in [0.5, 0.6) is 0 Å². The predicted octanol–water partition coefficient (Wildman–Crippen LogP) is 5.07. The van der Waals surface area contributed by atoms with Crippen molar-refractivity contribution >= 4 is 61.9 Å². The van der Waals surface area contributed by atoms with Crippen molar-refractivity contribution in [2.24, 2.45) is 16.8 Å². The summed E-state index contributed by atoms with van der Waals surface area (Å²) in [5, 5.41) is 35.0. The van der Waals surface area contributed by atoms with Gasteiger partial charge < -0.3 is 35.3 Å². The molecule has 5 aromatic rings. The van der Waals surface area contributed by atoms with Crippen LogP contribution in [0.4, 0.5) is 4.79 Å². The van der Waals surface area contributed by atoms with E-state index < -0.39 is 52.9 Å². The molecule has 72 heavy (non-hydrogen) atoms. The summed E-state index contributed by atoms with van der Waals surface area (Å²) >= 11 is 0. The third-order valence-electron chi connectivity index (χ3n) is 14.1. The number of aliphatic imine (C=N–C) groups is 1. The molecule has 2 aromatic carbocycles. The number of benzene rings is 2. The Kier molecular flexibility index (Phi) is 15.0. The molecule has 21 heteroatoms. The fraction of sp³-hybridized carbons (Fsp3) is 0.490. The number of carbonyl (C=O) groups is 4. The molecule has 3 aliphatic rings. The number of ether oxygens (including phenoxy) is 1. The molecule has 0 saturated carbocycles. The maximum Gasteiger partial charge on any atom is 0.407 e. The maximum absolute atomic E-state index is 14.3. The maximum atomic E-state index is 14.3. The number of amides is 4. The fourth-order valence-corrected chi connectivity index (χ4v) is 11.4. The third kappa shape index (κ3) is 11.1. The van der Waals surface area contributed by atoms with E-state index in [-0.39, 0.29) is 41.8 Å². The third-order valence-corrected chi connectivity index (χ3v) is 17.6. The molecule has 6 atom stereocenters. The number of aromatic amines is 1. The summed E-state index contributed by atoms with van der Waals surface area (Å²) in [6.45, 7) is 21.0. The number of nitrogens with zero attached hydrogens (tertiary/aromatic N) is 10. The first kappa shape index (κ1) is 51.8. The number of aliphatic hydroxyl groups is 1. The lowest BCUT2D eigenvalue weighted by molar-refractivity contribution is -0.139. The van der Waals surface area contributed by atoms with E-state index in [1.807, 2.05) is 72.7 Å². The second-order valence-electron chi connectivity index (χ2n) is 22.1. The molecule has 0 aliphatic carbocycles. The number of hydrogen-bond donors (Lipinski definition) is 4. The molecule has 3 aromatic heterocycles. The van der Waals surface area contributed by atoms with E-state index in [1.54, 1.807) is 11.1 Å². The van der Waals surface area contributed by atoms with E-state index in [0.29, 0.717) is 38.2 Å². The first-order valence-electron chi connectivity index (χ1n) is 24.9. The molecule has 0 radical (unpaired) electrons. The molecule has 4 N–H and O–H groups in total. The molecule has 2 fully saturated rings. The van der Waals surface area contributed by atoms with E-state index in [1.165, 1.54) is 7.11 Å². The number of methoxy groups -OCH3 is 1. The lowest BCUT2D eigenvalue weighted by atomic mass is 9.95. The number of likely N-dealkylation sites (tertiary alicyclic amines) is 2. The van der Waals surface area contributed by atoms with Gasteiger partial charge in [0.1, 0.15) is 40.7 Å². The van der Waals surface area contributed by atoms with E-state index in [2.05, 4.69) is 112 Å². The molecular weight excluding hydrogens is 947 g/mol. The van der Waals surface area contributed by atoms with Gasteiger partial charge in [-0.25, -0.2) is 19.1 Å². The summed E-state index contributed by atoms with van der Waals surface area (Å²) in [4.78, 5) is 70.2. The van der Waals surface area contributed by atoms with Gasteiger partial charge in [0.25, 0.3) is 0 Å². The first-order valence-corrected chi connectivity index (χ1v) is 31.9. The van der Waals surface area contributed by atoms with Crippen molar-refractivity contribution in [3.05, 3.63) is 84.7 Å². The van der Waals surface area contributed by atoms with Gasteiger partial charge in [0.2, 0.25) is 17.7 Å². The summed E-state index contributed by atoms with van der Waals surface area (Å²) in [6, 6.07) is 14.0. The minimum absolute atomic E-state index is 0.108. The van der Waals surface area contributed by atoms with Crippen molar-refractivity contribution in [1.82, 2.24) is 60.4 Å². The number of H-pyrrole nitrogens is 1. The number of aliphatic hydroxyl groups excluding tert-OH is 1. The van der Waals surface area contributed by atoms with Gasteiger partial charge >= 0.3 is 6.09 Å². The monoisotopic (exact) mass is 1020 g/mol. The number of nitrogens with one attached hydrogen (secondary N) is 3. The molecule has 0 spiro atoms. The average molecular weight is 1020 g/mol. The second-order valence-corrected chi connectivity index (χ2v) is 32.1. The van der Waals surface area contributed by atoms with Gasteiger partial charge in [0.05, 0.1) is 53.8 Å². The minimum Gasteiger partial charge on any atom is -0.453 e. The van der Waals surface area contributed by atoms with Crippen molar-refractivity contribution in [3.63, 3.8) is 0 Å². The number of carbonyl (C=O) groups excluding carboxylic acids is 4. The Morgan fingerprint density at radius 1 is 0.722 bits per heavy atom. The van der Waals surface area contributed by atoms with Crippen LogP contribution in [0.25, 0.3) is 28.0 Å². The number of allylic oxidation sites excluding steroid dienone is 1.